The van der Waals surface area contributed by atoms with Gasteiger partial charge in [-0.1, -0.05) is 6.92 Å². The second-order valence-corrected chi connectivity index (χ2v) is 4.90. The van der Waals surface area contributed by atoms with Crippen LogP contribution in [0.1, 0.15) is 46.0 Å². The zero-order valence-corrected chi connectivity index (χ0v) is 11.5. The van der Waals surface area contributed by atoms with Gasteiger partial charge in [0.05, 0.1) is 5.60 Å². The van der Waals surface area contributed by atoms with Gasteiger partial charge in [-0.25, -0.2) is 9.67 Å². The molecule has 1 heterocycles. The monoisotopic (exact) mass is 240 g/mol. The molecule has 0 radical (unpaired) electrons. The van der Waals surface area contributed by atoms with Crippen molar-refractivity contribution in [2.24, 2.45) is 5.73 Å². The SMILES string of the molecule is CCC(C)(OC)C(N)Cc1ncnn1C(C)C. The van der Waals surface area contributed by atoms with Crippen molar-refractivity contribution in [2.45, 2.75) is 58.2 Å². The van der Waals surface area contributed by atoms with Crippen LogP contribution >= 0.6 is 0 Å². The van der Waals surface area contributed by atoms with E-state index in [-0.39, 0.29) is 11.6 Å². The van der Waals surface area contributed by atoms with Crippen molar-refractivity contribution in [3.8, 4) is 0 Å². The Balaban J connectivity index is 2.80. The molecule has 0 bridgehead atoms. The van der Waals surface area contributed by atoms with Crippen LogP contribution in [0.25, 0.3) is 0 Å². The summed E-state index contributed by atoms with van der Waals surface area (Å²) in [6.45, 7) is 8.28. The quantitative estimate of drug-likeness (QED) is 0.819. The van der Waals surface area contributed by atoms with Crippen LogP contribution in [0.3, 0.4) is 0 Å². The fraction of sp³-hybridized carbons (Fsp3) is 0.833. The third kappa shape index (κ3) is 3.04. The van der Waals surface area contributed by atoms with Gasteiger partial charge in [0.25, 0.3) is 0 Å². The van der Waals surface area contributed by atoms with Crippen LogP contribution < -0.4 is 5.73 Å². The predicted octanol–water partition coefficient (Wildman–Crippen LogP) is 1.54. The number of ether oxygens (including phenoxy) is 1. The highest BCUT2D eigenvalue weighted by Gasteiger charge is 2.31. The third-order valence-corrected chi connectivity index (χ3v) is 3.49. The van der Waals surface area contributed by atoms with Gasteiger partial charge >= 0.3 is 0 Å². The predicted molar refractivity (Wildman–Crippen MR) is 67.8 cm³/mol. The average molecular weight is 240 g/mol. The van der Waals surface area contributed by atoms with Crippen LogP contribution in [0.15, 0.2) is 6.33 Å². The molecule has 2 unspecified atom stereocenters. The van der Waals surface area contributed by atoms with Gasteiger partial charge in [0.2, 0.25) is 0 Å². The van der Waals surface area contributed by atoms with E-state index in [1.54, 1.807) is 13.4 Å². The van der Waals surface area contributed by atoms with Crippen molar-refractivity contribution in [2.75, 3.05) is 7.11 Å². The summed E-state index contributed by atoms with van der Waals surface area (Å²) >= 11 is 0. The van der Waals surface area contributed by atoms with Crippen molar-refractivity contribution < 1.29 is 4.74 Å². The standard InChI is InChI=1S/C12H24N4O/c1-6-12(4,17-5)10(13)7-11-14-8-15-16(11)9(2)3/h8-10H,6-7,13H2,1-5H3. The summed E-state index contributed by atoms with van der Waals surface area (Å²) in [5.41, 5.74) is 5.92. The topological polar surface area (TPSA) is 66.0 Å². The second-order valence-electron chi connectivity index (χ2n) is 4.90. The molecular formula is C12H24N4O. The van der Waals surface area contributed by atoms with E-state index in [1.807, 2.05) is 11.6 Å². The molecule has 0 saturated carbocycles. The fourth-order valence-corrected chi connectivity index (χ4v) is 1.82. The Hall–Kier alpha value is -0.940. The van der Waals surface area contributed by atoms with Gasteiger partial charge in [0, 0.05) is 25.6 Å². The number of hydrogen-bond acceptors (Lipinski definition) is 4. The normalized spacial score (nSPS) is 17.1. The number of nitrogens with zero attached hydrogens (tertiary/aromatic N) is 3. The van der Waals surface area contributed by atoms with Crippen LogP contribution in [0.2, 0.25) is 0 Å². The zero-order chi connectivity index (χ0) is 13.1. The summed E-state index contributed by atoms with van der Waals surface area (Å²) < 4.78 is 7.42. The third-order valence-electron chi connectivity index (χ3n) is 3.49. The first-order valence-corrected chi connectivity index (χ1v) is 6.13. The Morgan fingerprint density at radius 3 is 2.65 bits per heavy atom. The molecule has 0 aliphatic carbocycles. The first kappa shape index (κ1) is 14.1. The Morgan fingerprint density at radius 1 is 1.53 bits per heavy atom. The maximum absolute atomic E-state index is 6.23. The maximum atomic E-state index is 6.23. The summed E-state index contributed by atoms with van der Waals surface area (Å²) in [6.07, 6.45) is 3.13. The molecule has 1 rings (SSSR count). The Morgan fingerprint density at radius 2 is 2.18 bits per heavy atom. The molecule has 5 nitrogen and oxygen atoms in total. The Labute approximate surface area is 103 Å². The minimum absolute atomic E-state index is 0.0841. The van der Waals surface area contributed by atoms with Crippen LogP contribution in [-0.4, -0.2) is 33.5 Å². The second kappa shape index (κ2) is 5.60. The highest BCUT2D eigenvalue weighted by atomic mass is 16.5. The summed E-state index contributed by atoms with van der Waals surface area (Å²) in [5.74, 6) is 0.921. The van der Waals surface area contributed by atoms with Gasteiger partial charge in [-0.3, -0.25) is 0 Å². The smallest absolute Gasteiger partial charge is 0.138 e. The fourth-order valence-electron chi connectivity index (χ4n) is 1.82. The minimum Gasteiger partial charge on any atom is -0.377 e. The number of aromatic nitrogens is 3. The molecule has 0 aromatic carbocycles. The van der Waals surface area contributed by atoms with Crippen LogP contribution in [0.4, 0.5) is 0 Å². The van der Waals surface area contributed by atoms with E-state index >= 15 is 0 Å². The Bertz CT molecular complexity index is 344. The molecule has 5 heteroatoms. The van der Waals surface area contributed by atoms with Crippen molar-refractivity contribution in [1.82, 2.24) is 14.8 Å². The highest BCUT2D eigenvalue weighted by molar-refractivity contribution is 4.97. The molecule has 0 fully saturated rings. The van der Waals surface area contributed by atoms with E-state index in [0.717, 1.165) is 12.2 Å². The van der Waals surface area contributed by atoms with Gasteiger partial charge in [-0.15, -0.1) is 0 Å². The van der Waals surface area contributed by atoms with Crippen LogP contribution in [0.5, 0.6) is 0 Å². The van der Waals surface area contributed by atoms with Crippen molar-refractivity contribution >= 4 is 0 Å². The van der Waals surface area contributed by atoms with E-state index in [9.17, 15) is 0 Å². The molecule has 2 N–H and O–H groups in total. The average Bonchev–Trinajstić information content (AvgIpc) is 2.76. The zero-order valence-electron chi connectivity index (χ0n) is 11.5. The van der Waals surface area contributed by atoms with E-state index in [2.05, 4.69) is 30.9 Å². The van der Waals surface area contributed by atoms with Crippen molar-refractivity contribution in [3.63, 3.8) is 0 Å². The molecule has 17 heavy (non-hydrogen) atoms. The first-order valence-electron chi connectivity index (χ1n) is 6.13. The largest absolute Gasteiger partial charge is 0.377 e. The van der Waals surface area contributed by atoms with E-state index in [1.165, 1.54) is 0 Å². The number of rotatable bonds is 6. The lowest BCUT2D eigenvalue weighted by atomic mass is 9.91. The van der Waals surface area contributed by atoms with E-state index < -0.39 is 0 Å². The molecule has 0 spiro atoms. The summed E-state index contributed by atoms with van der Waals surface area (Å²) in [6, 6.07) is 0.217. The molecule has 0 aliphatic heterocycles. The molecular weight excluding hydrogens is 216 g/mol. The van der Waals surface area contributed by atoms with Gasteiger partial charge in [0.15, 0.2) is 0 Å². The van der Waals surface area contributed by atoms with Gasteiger partial charge in [-0.05, 0) is 27.2 Å². The van der Waals surface area contributed by atoms with Gasteiger partial charge in [0.1, 0.15) is 12.2 Å². The molecule has 1 aromatic heterocycles. The van der Waals surface area contributed by atoms with Crippen molar-refractivity contribution in [1.29, 1.82) is 0 Å². The summed E-state index contributed by atoms with van der Waals surface area (Å²) in [4.78, 5) is 4.28. The lowest BCUT2D eigenvalue weighted by molar-refractivity contribution is -0.0191. The van der Waals surface area contributed by atoms with E-state index in [0.29, 0.717) is 12.5 Å². The molecule has 1 aromatic rings. The molecule has 0 amide bonds. The lowest BCUT2D eigenvalue weighted by Crippen LogP contribution is -2.48. The molecule has 2 atom stereocenters. The minimum atomic E-state index is -0.312. The Kier molecular flexibility index (Phi) is 4.65. The van der Waals surface area contributed by atoms with Crippen LogP contribution in [0, 0.1) is 0 Å². The van der Waals surface area contributed by atoms with Crippen LogP contribution in [-0.2, 0) is 11.2 Å². The molecule has 98 valence electrons. The van der Waals surface area contributed by atoms with E-state index in [4.69, 9.17) is 10.5 Å². The molecule has 0 saturated heterocycles. The summed E-state index contributed by atoms with van der Waals surface area (Å²) in [5, 5.41) is 4.21. The highest BCUT2D eigenvalue weighted by Crippen LogP contribution is 2.20. The lowest BCUT2D eigenvalue weighted by Gasteiger charge is -2.33. The van der Waals surface area contributed by atoms with Gasteiger partial charge < -0.3 is 10.5 Å². The number of hydrogen-bond donors (Lipinski definition) is 1. The number of methoxy groups -OCH3 is 1. The van der Waals surface area contributed by atoms with Gasteiger partial charge in [-0.2, -0.15) is 5.10 Å². The molecule has 0 aliphatic rings. The van der Waals surface area contributed by atoms with Crippen molar-refractivity contribution in [3.05, 3.63) is 12.2 Å². The summed E-state index contributed by atoms with van der Waals surface area (Å²) in [7, 11) is 1.70. The number of nitrogens with two attached hydrogens (primary N) is 1. The maximum Gasteiger partial charge on any atom is 0.138 e. The first-order chi connectivity index (χ1) is 7.94.